The Morgan fingerprint density at radius 1 is 1.00 bits per heavy atom. The maximum absolute atomic E-state index is 11.7. The summed E-state index contributed by atoms with van der Waals surface area (Å²) < 4.78 is 0. The zero-order chi connectivity index (χ0) is 29.9. The van der Waals surface area contributed by atoms with Gasteiger partial charge >= 0.3 is 0 Å². The Labute approximate surface area is 246 Å². The number of nitrogens with zero attached hydrogens (tertiary/aromatic N) is 2. The molecule has 2 aliphatic carbocycles. The van der Waals surface area contributed by atoms with Crippen molar-refractivity contribution in [1.29, 1.82) is 0 Å². The zero-order valence-electron chi connectivity index (χ0n) is 24.6. The lowest BCUT2D eigenvalue weighted by atomic mass is 9.81. The molecule has 1 aliphatic heterocycles. The van der Waals surface area contributed by atoms with Crippen molar-refractivity contribution in [2.45, 2.75) is 91.1 Å². The van der Waals surface area contributed by atoms with Crippen LogP contribution in [-0.2, 0) is 17.6 Å². The number of aromatic nitrogens is 2. The summed E-state index contributed by atoms with van der Waals surface area (Å²) in [5.74, 6) is -0.402. The van der Waals surface area contributed by atoms with Crippen LogP contribution >= 0.6 is 11.3 Å². The van der Waals surface area contributed by atoms with E-state index >= 15 is 0 Å². The van der Waals surface area contributed by atoms with Crippen molar-refractivity contribution < 1.29 is 19.5 Å². The van der Waals surface area contributed by atoms with E-state index in [0.29, 0.717) is 23.5 Å². The summed E-state index contributed by atoms with van der Waals surface area (Å²) in [5.41, 5.74) is 13.9. The van der Waals surface area contributed by atoms with Gasteiger partial charge in [0.25, 0.3) is 11.8 Å². The van der Waals surface area contributed by atoms with Crippen LogP contribution in [0.1, 0.15) is 102 Å². The number of piperidine rings is 1. The molecule has 1 aromatic carbocycles. The molecule has 0 bridgehead atoms. The highest BCUT2D eigenvalue weighted by atomic mass is 32.1. The second-order valence-electron chi connectivity index (χ2n) is 11.0. The number of hydrogen-bond acceptors (Lipinski definition) is 6. The molecule has 3 aromatic rings. The lowest BCUT2D eigenvalue weighted by Crippen LogP contribution is -2.45. The molecular formula is C31H45N5O4S. The van der Waals surface area contributed by atoms with Crippen LogP contribution < -0.4 is 11.5 Å². The Bertz CT molecular complexity index is 1280. The highest BCUT2D eigenvalue weighted by Gasteiger charge is 2.35. The number of benzene rings is 1. The van der Waals surface area contributed by atoms with Crippen LogP contribution in [0.5, 0.6) is 0 Å². The maximum Gasteiger partial charge on any atom is 0.277 e. The first-order chi connectivity index (χ1) is 19.6. The van der Waals surface area contributed by atoms with Gasteiger partial charge in [-0.3, -0.25) is 14.4 Å². The molecule has 9 nitrogen and oxygen atoms in total. The molecule has 6 N–H and O–H groups in total. The average molecular weight is 584 g/mol. The Morgan fingerprint density at radius 2 is 1.66 bits per heavy atom. The standard InChI is InChI=1S/C10H10N2O.C10H17NO2.C8H10N2OS.C3H8/c1-6-2-3-8-7(4-6)5-9(12-8)10(11)13;12-9-6-8(7-9)10(13)11-4-2-1-3-5-11;9-7(11)8-10-5-3-1-2-4-6(5)12-8;1-3-2/h2-5,12H,1H3,(H2,11,13);8-9,12H,1-7H2;1-4H2,(H2,9,11);3H2,1-2H3. The van der Waals surface area contributed by atoms with Gasteiger partial charge in [0, 0.05) is 34.8 Å². The van der Waals surface area contributed by atoms with Gasteiger partial charge in [-0.05, 0) is 82.9 Å². The van der Waals surface area contributed by atoms with Crippen LogP contribution in [0.25, 0.3) is 10.9 Å². The lowest BCUT2D eigenvalue weighted by Gasteiger charge is -2.36. The van der Waals surface area contributed by atoms with E-state index in [2.05, 4.69) is 23.8 Å². The average Bonchev–Trinajstić information content (AvgIpc) is 3.57. The SMILES string of the molecule is CCC.Cc1ccc2[nH]c(C(N)=O)cc2c1.NC(=O)c1nc2c(s1)CCCC2.O=C(C1CC(O)C1)N1CCCCC1. The highest BCUT2D eigenvalue weighted by molar-refractivity contribution is 7.13. The number of fused-ring (bicyclic) bond motifs is 2. The molecule has 41 heavy (non-hydrogen) atoms. The minimum atomic E-state index is -0.422. The fraction of sp³-hybridized carbons (Fsp3) is 0.548. The Kier molecular flexibility index (Phi) is 12.3. The number of nitrogens with two attached hydrogens (primary N) is 2. The van der Waals surface area contributed by atoms with Crippen LogP contribution in [0.15, 0.2) is 24.3 Å². The number of thiazole rings is 1. The van der Waals surface area contributed by atoms with E-state index in [-0.39, 0.29) is 17.9 Å². The van der Waals surface area contributed by atoms with Gasteiger partial charge in [-0.25, -0.2) is 4.98 Å². The predicted octanol–water partition coefficient (Wildman–Crippen LogP) is 4.88. The predicted molar refractivity (Wildman–Crippen MR) is 164 cm³/mol. The van der Waals surface area contributed by atoms with Gasteiger partial charge in [-0.2, -0.15) is 0 Å². The number of likely N-dealkylation sites (tertiary alicyclic amines) is 1. The molecule has 224 valence electrons. The molecule has 2 fully saturated rings. The van der Waals surface area contributed by atoms with Gasteiger partial charge in [0.05, 0.1) is 11.8 Å². The number of carbonyl (C=O) groups excluding carboxylic acids is 3. The van der Waals surface area contributed by atoms with Gasteiger partial charge in [0.15, 0.2) is 5.01 Å². The maximum atomic E-state index is 11.7. The first-order valence-corrected chi connectivity index (χ1v) is 15.6. The van der Waals surface area contributed by atoms with Crippen LogP contribution in [0, 0.1) is 12.8 Å². The van der Waals surface area contributed by atoms with E-state index in [1.54, 1.807) is 6.07 Å². The number of nitrogens with one attached hydrogen (secondary N) is 1. The number of aliphatic hydroxyl groups is 1. The topological polar surface area (TPSA) is 155 Å². The van der Waals surface area contributed by atoms with Crippen molar-refractivity contribution in [3.8, 4) is 0 Å². The molecule has 3 heterocycles. The molecule has 0 radical (unpaired) electrons. The van der Waals surface area contributed by atoms with Crippen LogP contribution in [0.4, 0.5) is 0 Å². The first kappa shape index (κ1) is 32.3. The smallest absolute Gasteiger partial charge is 0.277 e. The van der Waals surface area contributed by atoms with E-state index in [1.165, 1.54) is 47.5 Å². The minimum absolute atomic E-state index is 0.132. The second-order valence-corrected chi connectivity index (χ2v) is 12.1. The van der Waals surface area contributed by atoms with Gasteiger partial charge in [0.1, 0.15) is 5.69 Å². The normalized spacial score (nSPS) is 19.2. The fourth-order valence-corrected chi connectivity index (χ4v) is 6.01. The quantitative estimate of drug-likeness (QED) is 0.346. The third-order valence-electron chi connectivity index (χ3n) is 7.23. The summed E-state index contributed by atoms with van der Waals surface area (Å²) in [7, 11) is 0. The molecule has 6 rings (SSSR count). The van der Waals surface area contributed by atoms with E-state index in [0.717, 1.165) is 55.4 Å². The molecule has 2 aromatic heterocycles. The highest BCUT2D eigenvalue weighted by Crippen LogP contribution is 2.30. The third kappa shape index (κ3) is 9.39. The molecule has 1 saturated carbocycles. The number of primary amides is 2. The van der Waals surface area contributed by atoms with Crippen molar-refractivity contribution in [2.75, 3.05) is 13.1 Å². The van der Waals surface area contributed by atoms with E-state index < -0.39 is 11.8 Å². The Hall–Kier alpha value is -3.24. The monoisotopic (exact) mass is 583 g/mol. The molecule has 1 saturated heterocycles. The number of rotatable bonds is 3. The number of carbonyl (C=O) groups is 3. The van der Waals surface area contributed by atoms with Gasteiger partial charge in [-0.1, -0.05) is 31.9 Å². The molecular weight excluding hydrogens is 538 g/mol. The summed E-state index contributed by atoms with van der Waals surface area (Å²) in [4.78, 5) is 43.7. The van der Waals surface area contributed by atoms with Crippen molar-refractivity contribution >= 4 is 40.0 Å². The molecule has 0 spiro atoms. The Morgan fingerprint density at radius 3 is 2.24 bits per heavy atom. The van der Waals surface area contributed by atoms with Crippen LogP contribution in [0.3, 0.4) is 0 Å². The lowest BCUT2D eigenvalue weighted by molar-refractivity contribution is -0.143. The molecule has 3 aliphatic rings. The summed E-state index contributed by atoms with van der Waals surface area (Å²) in [5, 5.41) is 10.6. The fourth-order valence-electron chi connectivity index (χ4n) is 5.00. The number of amides is 3. The number of aliphatic hydroxyl groups excluding tert-OH is 1. The number of aryl methyl sites for hydroxylation is 3. The largest absolute Gasteiger partial charge is 0.393 e. The van der Waals surface area contributed by atoms with Crippen LogP contribution in [-0.4, -0.2) is 56.9 Å². The van der Waals surface area contributed by atoms with E-state index in [9.17, 15) is 14.4 Å². The summed E-state index contributed by atoms with van der Waals surface area (Å²) in [6.07, 6.45) is 10.5. The summed E-state index contributed by atoms with van der Waals surface area (Å²) in [6.45, 7) is 8.13. The van der Waals surface area contributed by atoms with Crippen LogP contribution in [0.2, 0.25) is 0 Å². The molecule has 0 atom stereocenters. The van der Waals surface area contributed by atoms with Gasteiger partial charge in [0.2, 0.25) is 5.91 Å². The zero-order valence-corrected chi connectivity index (χ0v) is 25.4. The van der Waals surface area contributed by atoms with Crippen molar-refractivity contribution in [3.63, 3.8) is 0 Å². The van der Waals surface area contributed by atoms with Gasteiger partial charge < -0.3 is 26.5 Å². The second kappa shape index (κ2) is 15.7. The Balaban J connectivity index is 0.000000161. The summed E-state index contributed by atoms with van der Waals surface area (Å²) in [6, 6.07) is 7.71. The number of hydrogen-bond donors (Lipinski definition) is 4. The number of aromatic amines is 1. The third-order valence-corrected chi connectivity index (χ3v) is 8.40. The molecule has 3 amide bonds. The van der Waals surface area contributed by atoms with E-state index in [1.807, 2.05) is 30.0 Å². The van der Waals surface area contributed by atoms with Crippen molar-refractivity contribution in [2.24, 2.45) is 17.4 Å². The first-order valence-electron chi connectivity index (χ1n) is 14.8. The van der Waals surface area contributed by atoms with Crippen molar-refractivity contribution in [3.05, 3.63) is 51.1 Å². The van der Waals surface area contributed by atoms with Gasteiger partial charge in [-0.15, -0.1) is 11.3 Å². The van der Waals surface area contributed by atoms with E-state index in [4.69, 9.17) is 16.6 Å². The molecule has 10 heteroatoms. The summed E-state index contributed by atoms with van der Waals surface area (Å²) >= 11 is 1.46. The molecule has 0 unspecified atom stereocenters. The minimum Gasteiger partial charge on any atom is -0.393 e. The number of H-pyrrole nitrogens is 1. The van der Waals surface area contributed by atoms with Crippen molar-refractivity contribution in [1.82, 2.24) is 14.9 Å².